The fourth-order valence-electron chi connectivity index (χ4n) is 4.17. The predicted octanol–water partition coefficient (Wildman–Crippen LogP) is 4.04. The third kappa shape index (κ3) is 5.29. The summed E-state index contributed by atoms with van der Waals surface area (Å²) in [6.45, 7) is 0. The molecule has 0 amide bonds. The average molecular weight is 544 g/mol. The first-order chi connectivity index (χ1) is 18.8. The van der Waals surface area contributed by atoms with Gasteiger partial charge in [-0.3, -0.25) is 15.0 Å². The summed E-state index contributed by atoms with van der Waals surface area (Å²) in [5.74, 6) is -3.12. The minimum atomic E-state index is -1.06. The summed E-state index contributed by atoms with van der Waals surface area (Å²) in [4.78, 5) is 43.5. The normalized spacial score (nSPS) is 15.0. The van der Waals surface area contributed by atoms with Gasteiger partial charge in [0.05, 0.1) is 48.0 Å². The summed E-state index contributed by atoms with van der Waals surface area (Å²) >= 11 is 1.14. The van der Waals surface area contributed by atoms with Crippen LogP contribution in [0.2, 0.25) is 0 Å². The predicted molar refractivity (Wildman–Crippen MR) is 141 cm³/mol. The van der Waals surface area contributed by atoms with E-state index in [1.807, 2.05) is 0 Å². The smallest absolute Gasteiger partial charge is 0.355 e. The molecule has 1 aliphatic heterocycles. The Balaban J connectivity index is 2.03. The summed E-state index contributed by atoms with van der Waals surface area (Å²) < 4.78 is 10.0. The molecule has 0 aliphatic carbocycles. The molecule has 39 heavy (non-hydrogen) atoms. The number of ether oxygens (including phenoxy) is 2. The van der Waals surface area contributed by atoms with E-state index in [9.17, 15) is 25.0 Å². The van der Waals surface area contributed by atoms with Crippen molar-refractivity contribution in [1.29, 1.82) is 5.26 Å². The zero-order valence-electron chi connectivity index (χ0n) is 20.7. The molecule has 0 spiro atoms. The van der Waals surface area contributed by atoms with Crippen LogP contribution < -0.4 is 10.6 Å². The van der Waals surface area contributed by atoms with Gasteiger partial charge in [-0.05, 0) is 23.8 Å². The molecule has 1 aromatic heterocycles. The third-order valence-corrected chi connectivity index (χ3v) is 6.74. The van der Waals surface area contributed by atoms with E-state index in [-0.39, 0.29) is 34.0 Å². The molecule has 196 valence electrons. The van der Waals surface area contributed by atoms with E-state index < -0.39 is 22.8 Å². The molecule has 0 fully saturated rings. The Kier molecular flexibility index (Phi) is 7.93. The lowest BCUT2D eigenvalue weighted by atomic mass is 9.81. The summed E-state index contributed by atoms with van der Waals surface area (Å²) in [5.41, 5.74) is 6.17. The number of carbonyl (C=O) groups excluding carboxylic acids is 2. The third-order valence-electron chi connectivity index (χ3n) is 5.82. The standard InChI is InChI=1S/C27H21N5O6S/c1-37-26(33)23-22(16-8-4-3-5-9-16)20(15-28)25(29)31(24(23)27(34)38-2)17-12-18(32(35)36)14-19(13-17)39-21-10-6-7-11-30-21/h3-14,22H,29H2,1-2H3. The fraction of sp³-hybridized carbons (Fsp3) is 0.111. The second-order valence-corrected chi connectivity index (χ2v) is 9.14. The first kappa shape index (κ1) is 26.9. The van der Waals surface area contributed by atoms with Gasteiger partial charge in [0.25, 0.3) is 5.69 Å². The highest BCUT2D eigenvalue weighted by atomic mass is 32.2. The van der Waals surface area contributed by atoms with E-state index in [1.54, 1.807) is 54.7 Å². The lowest BCUT2D eigenvalue weighted by Gasteiger charge is -2.35. The summed E-state index contributed by atoms with van der Waals surface area (Å²) in [7, 11) is 2.26. The maximum Gasteiger partial charge on any atom is 0.355 e. The maximum absolute atomic E-state index is 13.3. The number of hydrogen-bond acceptors (Lipinski definition) is 11. The number of nitro benzene ring substituents is 1. The number of carbonyl (C=O) groups is 2. The molecule has 2 heterocycles. The number of non-ortho nitro benzene ring substituents is 1. The van der Waals surface area contributed by atoms with Crippen LogP contribution in [0.25, 0.3) is 0 Å². The van der Waals surface area contributed by atoms with Crippen molar-refractivity contribution in [3.8, 4) is 6.07 Å². The fourth-order valence-corrected chi connectivity index (χ4v) is 5.03. The molecule has 4 rings (SSSR count). The van der Waals surface area contributed by atoms with Crippen molar-refractivity contribution in [2.45, 2.75) is 15.8 Å². The number of nitrogens with zero attached hydrogens (tertiary/aromatic N) is 4. The Bertz CT molecular complexity index is 1550. The Labute approximate surface area is 227 Å². The number of nitro groups is 1. The number of hydrogen-bond donors (Lipinski definition) is 1. The number of pyridine rings is 1. The molecule has 1 aliphatic rings. The van der Waals surface area contributed by atoms with Crippen molar-refractivity contribution in [1.82, 2.24) is 4.98 Å². The molecule has 12 heteroatoms. The molecule has 0 radical (unpaired) electrons. The largest absolute Gasteiger partial charge is 0.466 e. The highest BCUT2D eigenvalue weighted by molar-refractivity contribution is 7.99. The highest BCUT2D eigenvalue weighted by Crippen LogP contribution is 2.44. The van der Waals surface area contributed by atoms with Gasteiger partial charge in [-0.1, -0.05) is 48.2 Å². The van der Waals surface area contributed by atoms with Crippen molar-refractivity contribution in [2.24, 2.45) is 5.73 Å². The Hall–Kier alpha value is -5.15. The second kappa shape index (κ2) is 11.5. The number of aromatic nitrogens is 1. The number of esters is 2. The molecule has 1 unspecified atom stereocenters. The van der Waals surface area contributed by atoms with Crippen molar-refractivity contribution in [3.05, 3.63) is 111 Å². The molecule has 1 atom stereocenters. The first-order valence-corrected chi connectivity index (χ1v) is 12.2. The van der Waals surface area contributed by atoms with Crippen LogP contribution in [0.15, 0.2) is 106 Å². The van der Waals surface area contributed by atoms with Crippen LogP contribution in [-0.4, -0.2) is 36.1 Å². The molecule has 3 aromatic rings. The molecule has 2 aromatic carbocycles. The molecule has 0 bridgehead atoms. The van der Waals surface area contributed by atoms with Crippen LogP contribution in [0, 0.1) is 21.4 Å². The minimum Gasteiger partial charge on any atom is -0.466 e. The number of rotatable bonds is 7. The first-order valence-electron chi connectivity index (χ1n) is 11.3. The van der Waals surface area contributed by atoms with Gasteiger partial charge in [0.15, 0.2) is 0 Å². The van der Waals surface area contributed by atoms with Gasteiger partial charge in [-0.2, -0.15) is 5.26 Å². The summed E-state index contributed by atoms with van der Waals surface area (Å²) in [6.07, 6.45) is 1.58. The molecule has 2 N–H and O–H groups in total. The number of nitriles is 1. The van der Waals surface area contributed by atoms with Gasteiger partial charge >= 0.3 is 11.9 Å². The zero-order chi connectivity index (χ0) is 28.1. The molecular weight excluding hydrogens is 522 g/mol. The van der Waals surface area contributed by atoms with Gasteiger partial charge in [0.2, 0.25) is 0 Å². The van der Waals surface area contributed by atoms with E-state index in [1.165, 1.54) is 18.2 Å². The van der Waals surface area contributed by atoms with Crippen molar-refractivity contribution < 1.29 is 24.0 Å². The van der Waals surface area contributed by atoms with Crippen LogP contribution in [0.1, 0.15) is 11.5 Å². The lowest BCUT2D eigenvalue weighted by Crippen LogP contribution is -2.40. The van der Waals surface area contributed by atoms with Gasteiger partial charge in [0, 0.05) is 23.2 Å². The average Bonchev–Trinajstić information content (AvgIpc) is 2.96. The number of methoxy groups -OCH3 is 2. The van der Waals surface area contributed by atoms with Gasteiger partial charge in [-0.25, -0.2) is 14.6 Å². The number of benzene rings is 2. The molecular formula is C27H21N5O6S. The summed E-state index contributed by atoms with van der Waals surface area (Å²) in [5, 5.41) is 22.6. The molecule has 0 saturated carbocycles. The van der Waals surface area contributed by atoms with Gasteiger partial charge in [0.1, 0.15) is 16.5 Å². The van der Waals surface area contributed by atoms with Crippen LogP contribution in [0.5, 0.6) is 0 Å². The van der Waals surface area contributed by atoms with Gasteiger partial charge < -0.3 is 15.2 Å². The van der Waals surface area contributed by atoms with E-state index in [2.05, 4.69) is 11.1 Å². The monoisotopic (exact) mass is 543 g/mol. The van der Waals surface area contributed by atoms with Gasteiger partial charge in [-0.15, -0.1) is 0 Å². The second-order valence-electron chi connectivity index (χ2n) is 8.05. The van der Waals surface area contributed by atoms with Crippen molar-refractivity contribution in [2.75, 3.05) is 19.1 Å². The maximum atomic E-state index is 13.3. The van der Waals surface area contributed by atoms with E-state index in [0.29, 0.717) is 15.5 Å². The van der Waals surface area contributed by atoms with E-state index in [0.717, 1.165) is 30.9 Å². The van der Waals surface area contributed by atoms with Crippen LogP contribution in [0.3, 0.4) is 0 Å². The van der Waals surface area contributed by atoms with Crippen molar-refractivity contribution in [3.63, 3.8) is 0 Å². The topological polar surface area (TPSA) is 162 Å². The van der Waals surface area contributed by atoms with Crippen LogP contribution in [-0.2, 0) is 19.1 Å². The minimum absolute atomic E-state index is 0.0558. The molecule has 11 nitrogen and oxygen atoms in total. The zero-order valence-corrected chi connectivity index (χ0v) is 21.5. The Morgan fingerprint density at radius 2 is 1.77 bits per heavy atom. The highest BCUT2D eigenvalue weighted by Gasteiger charge is 2.43. The van der Waals surface area contributed by atoms with Crippen LogP contribution in [0.4, 0.5) is 11.4 Å². The number of nitrogens with two attached hydrogens (primary N) is 1. The van der Waals surface area contributed by atoms with E-state index in [4.69, 9.17) is 15.2 Å². The van der Waals surface area contributed by atoms with E-state index >= 15 is 0 Å². The quantitative estimate of drug-likeness (QED) is 0.260. The Morgan fingerprint density at radius 3 is 2.36 bits per heavy atom. The summed E-state index contributed by atoms with van der Waals surface area (Å²) in [6, 6.07) is 19.9. The van der Waals surface area contributed by atoms with Crippen molar-refractivity contribution >= 4 is 35.1 Å². The number of allylic oxidation sites excluding steroid dienone is 1. The molecule has 0 saturated heterocycles. The lowest BCUT2D eigenvalue weighted by molar-refractivity contribution is -0.385. The Morgan fingerprint density at radius 1 is 1.08 bits per heavy atom. The number of anilines is 1. The SMILES string of the molecule is COC(=O)C1=C(C(=O)OC)N(c2cc(Sc3ccccn3)cc([N+](=O)[O-])c2)C(N)=C(C#N)C1c1ccccc1. The van der Waals surface area contributed by atoms with Crippen LogP contribution >= 0.6 is 11.8 Å².